The maximum Gasteiger partial charge on any atom is 0.253 e. The molecule has 8 nitrogen and oxygen atoms in total. The molecule has 0 saturated carbocycles. The highest BCUT2D eigenvalue weighted by Crippen LogP contribution is 2.21. The van der Waals surface area contributed by atoms with Gasteiger partial charge in [0.1, 0.15) is 12.4 Å². The topological polar surface area (TPSA) is 106 Å². The highest BCUT2D eigenvalue weighted by Gasteiger charge is 2.16. The Morgan fingerprint density at radius 2 is 1.84 bits per heavy atom. The Kier molecular flexibility index (Phi) is 8.72. The first-order valence-electron chi connectivity index (χ1n) is 10.0. The predicted octanol–water partition coefficient (Wildman–Crippen LogP) is 3.04. The van der Waals surface area contributed by atoms with Crippen LogP contribution in [0, 0.1) is 0 Å². The molecule has 0 aromatic heterocycles. The molecule has 0 spiro atoms. The molecule has 1 saturated heterocycles. The maximum absolute atomic E-state index is 12.1. The minimum atomic E-state index is -0.522. The lowest BCUT2D eigenvalue weighted by Crippen LogP contribution is -2.40. The van der Waals surface area contributed by atoms with Gasteiger partial charge in [0.2, 0.25) is 11.8 Å². The summed E-state index contributed by atoms with van der Waals surface area (Å²) in [5, 5.41) is 8.15. The lowest BCUT2D eigenvalue weighted by Gasteiger charge is -2.13. The van der Waals surface area contributed by atoms with Crippen LogP contribution in [0.5, 0.6) is 5.75 Å². The number of halogens is 2. The van der Waals surface area contributed by atoms with Gasteiger partial charge in [0.25, 0.3) is 5.91 Å². The van der Waals surface area contributed by atoms with Gasteiger partial charge in [0, 0.05) is 23.4 Å². The zero-order valence-corrected chi connectivity index (χ0v) is 18.7. The zero-order chi connectivity index (χ0) is 22.9. The van der Waals surface area contributed by atoms with Gasteiger partial charge in [0.05, 0.1) is 29.8 Å². The number of anilines is 1. The lowest BCUT2D eigenvalue weighted by atomic mass is 10.2. The van der Waals surface area contributed by atoms with Crippen molar-refractivity contribution in [3.05, 3.63) is 58.1 Å². The summed E-state index contributed by atoms with van der Waals surface area (Å²) in [6.07, 6.45) is 2.11. The number of amides is 3. The Balaban J connectivity index is 1.39. The quantitative estimate of drug-likeness (QED) is 0.512. The third-order valence-electron chi connectivity index (χ3n) is 4.61. The summed E-state index contributed by atoms with van der Waals surface area (Å²) in [6.45, 7) is 0.657. The summed E-state index contributed by atoms with van der Waals surface area (Å²) in [6, 6.07) is 11.4. The van der Waals surface area contributed by atoms with Crippen molar-refractivity contribution in [1.82, 2.24) is 10.6 Å². The van der Waals surface area contributed by atoms with Gasteiger partial charge in [-0.05, 0) is 43.2 Å². The number of ether oxygens (including phenoxy) is 2. The van der Waals surface area contributed by atoms with Crippen molar-refractivity contribution in [2.24, 2.45) is 0 Å². The summed E-state index contributed by atoms with van der Waals surface area (Å²) in [4.78, 5) is 36.2. The number of carbonyl (C=O) groups excluding carboxylic acids is 3. The molecule has 32 heavy (non-hydrogen) atoms. The number of hydrogen-bond donors (Lipinski definition) is 3. The van der Waals surface area contributed by atoms with Crippen molar-refractivity contribution in [3.8, 4) is 5.75 Å². The fraction of sp³-hybridized carbons (Fsp3) is 0.318. The van der Waals surface area contributed by atoms with Crippen LogP contribution in [0.2, 0.25) is 10.0 Å². The van der Waals surface area contributed by atoms with Crippen LogP contribution < -0.4 is 20.7 Å². The summed E-state index contributed by atoms with van der Waals surface area (Å²) in [5.74, 6) is -0.842. The summed E-state index contributed by atoms with van der Waals surface area (Å²) < 4.78 is 11.2. The Bertz CT molecular complexity index is 980. The van der Waals surface area contributed by atoms with E-state index < -0.39 is 17.7 Å². The van der Waals surface area contributed by atoms with Crippen LogP contribution in [0.15, 0.2) is 42.5 Å². The highest BCUT2D eigenvalue weighted by atomic mass is 35.5. The molecule has 10 heteroatoms. The van der Waals surface area contributed by atoms with Crippen LogP contribution in [0.3, 0.4) is 0 Å². The first kappa shape index (κ1) is 23.8. The third kappa shape index (κ3) is 7.40. The Labute approximate surface area is 195 Å². The van der Waals surface area contributed by atoms with Crippen LogP contribution in [0.4, 0.5) is 5.69 Å². The molecule has 3 amide bonds. The average Bonchev–Trinajstić information content (AvgIpc) is 3.28. The number of hydrogen-bond acceptors (Lipinski definition) is 5. The molecule has 1 aliphatic heterocycles. The number of benzene rings is 2. The van der Waals surface area contributed by atoms with E-state index in [1.165, 1.54) is 18.2 Å². The molecule has 1 fully saturated rings. The summed E-state index contributed by atoms with van der Waals surface area (Å²) >= 11 is 11.8. The standard InChI is InChI=1S/C22H23Cl2N3O5/c23-14-6-7-18(19(24)9-14)22(30)26-11-20(28)25-12-21(29)27-15-3-1-4-16(10-15)32-13-17-5-2-8-31-17/h1,3-4,6-7,9-10,17H,2,5,8,11-13H2,(H,25,28)(H,26,30)(H,27,29). The van der Waals surface area contributed by atoms with Gasteiger partial charge in [0.15, 0.2) is 0 Å². The van der Waals surface area contributed by atoms with Crippen molar-refractivity contribution in [1.29, 1.82) is 0 Å². The van der Waals surface area contributed by atoms with Crippen molar-refractivity contribution >= 4 is 46.6 Å². The second-order valence-electron chi connectivity index (χ2n) is 7.11. The van der Waals surface area contributed by atoms with Crippen molar-refractivity contribution in [2.75, 3.05) is 31.6 Å². The molecule has 1 atom stereocenters. The molecule has 2 aromatic rings. The van der Waals surface area contributed by atoms with Gasteiger partial charge in [-0.1, -0.05) is 29.3 Å². The molecule has 2 aromatic carbocycles. The molecule has 0 radical (unpaired) electrons. The van der Waals surface area contributed by atoms with Crippen molar-refractivity contribution in [2.45, 2.75) is 18.9 Å². The van der Waals surface area contributed by atoms with E-state index in [4.69, 9.17) is 32.7 Å². The largest absolute Gasteiger partial charge is 0.491 e. The van der Waals surface area contributed by atoms with E-state index >= 15 is 0 Å². The van der Waals surface area contributed by atoms with Gasteiger partial charge >= 0.3 is 0 Å². The normalized spacial score (nSPS) is 15.1. The lowest BCUT2D eigenvalue weighted by molar-refractivity contribution is -0.123. The van der Waals surface area contributed by atoms with Gasteiger partial charge in [-0.25, -0.2) is 0 Å². The van der Waals surface area contributed by atoms with Crippen LogP contribution in [0.25, 0.3) is 0 Å². The van der Waals surface area contributed by atoms with Gasteiger partial charge in [-0.2, -0.15) is 0 Å². The molecule has 170 valence electrons. The van der Waals surface area contributed by atoms with E-state index in [2.05, 4.69) is 16.0 Å². The van der Waals surface area contributed by atoms with E-state index in [9.17, 15) is 14.4 Å². The summed E-state index contributed by atoms with van der Waals surface area (Å²) in [7, 11) is 0. The molecule has 0 aliphatic carbocycles. The third-order valence-corrected chi connectivity index (χ3v) is 5.16. The molecule has 1 heterocycles. The fourth-order valence-corrected chi connectivity index (χ4v) is 3.50. The smallest absolute Gasteiger partial charge is 0.253 e. The van der Waals surface area contributed by atoms with Crippen LogP contribution >= 0.6 is 23.2 Å². The summed E-state index contributed by atoms with van der Waals surface area (Å²) in [5.41, 5.74) is 0.739. The first-order valence-corrected chi connectivity index (χ1v) is 10.8. The monoisotopic (exact) mass is 479 g/mol. The van der Waals surface area contributed by atoms with Gasteiger partial charge in [-0.3, -0.25) is 14.4 Å². The molecule has 0 bridgehead atoms. The second kappa shape index (κ2) is 11.7. The van der Waals surface area contributed by atoms with E-state index in [-0.39, 0.29) is 29.8 Å². The Hall–Kier alpha value is -2.81. The van der Waals surface area contributed by atoms with E-state index in [1.54, 1.807) is 24.3 Å². The molecule has 3 N–H and O–H groups in total. The zero-order valence-electron chi connectivity index (χ0n) is 17.2. The second-order valence-corrected chi connectivity index (χ2v) is 7.95. The Morgan fingerprint density at radius 1 is 1.03 bits per heavy atom. The van der Waals surface area contributed by atoms with Gasteiger partial charge in [-0.15, -0.1) is 0 Å². The number of rotatable bonds is 9. The SMILES string of the molecule is O=C(CNC(=O)c1ccc(Cl)cc1Cl)NCC(=O)Nc1cccc(OCC2CCCO2)c1. The minimum Gasteiger partial charge on any atom is -0.491 e. The van der Waals surface area contributed by atoms with Crippen molar-refractivity contribution in [3.63, 3.8) is 0 Å². The molecular weight excluding hydrogens is 457 g/mol. The van der Waals surface area contributed by atoms with Crippen LogP contribution in [-0.4, -0.2) is 50.1 Å². The number of nitrogens with one attached hydrogen (secondary N) is 3. The molecule has 1 aliphatic rings. The van der Waals surface area contributed by atoms with Crippen LogP contribution in [-0.2, 0) is 14.3 Å². The Morgan fingerprint density at radius 3 is 2.59 bits per heavy atom. The van der Waals surface area contributed by atoms with E-state index in [0.717, 1.165) is 19.4 Å². The average molecular weight is 480 g/mol. The number of carbonyl (C=O) groups is 3. The van der Waals surface area contributed by atoms with E-state index in [1.807, 2.05) is 0 Å². The van der Waals surface area contributed by atoms with Gasteiger partial charge < -0.3 is 25.4 Å². The predicted molar refractivity (Wildman–Crippen MR) is 121 cm³/mol. The fourth-order valence-electron chi connectivity index (χ4n) is 3.00. The first-order chi connectivity index (χ1) is 15.4. The van der Waals surface area contributed by atoms with E-state index in [0.29, 0.717) is 23.1 Å². The maximum atomic E-state index is 12.1. The minimum absolute atomic E-state index is 0.0969. The highest BCUT2D eigenvalue weighted by molar-refractivity contribution is 6.36. The molecule has 1 unspecified atom stereocenters. The molecular formula is C22H23Cl2N3O5. The van der Waals surface area contributed by atoms with Crippen molar-refractivity contribution < 1.29 is 23.9 Å². The molecule has 3 rings (SSSR count). The van der Waals surface area contributed by atoms with Crippen LogP contribution in [0.1, 0.15) is 23.2 Å².